The number of hydrogen-bond donors (Lipinski definition) is 1. The summed E-state index contributed by atoms with van der Waals surface area (Å²) in [6.07, 6.45) is -3.19. The number of benzene rings is 1. The van der Waals surface area contributed by atoms with Crippen molar-refractivity contribution in [3.63, 3.8) is 0 Å². The Labute approximate surface area is 157 Å². The molecular formula is C18H15F3N4O3. The number of nitrogens with zero attached hydrogens (tertiary/aromatic N) is 3. The van der Waals surface area contributed by atoms with Gasteiger partial charge in [-0.05, 0) is 38.1 Å². The fraction of sp³-hybridized carbons (Fsp3) is 0.278. The first-order chi connectivity index (χ1) is 13.2. The molecule has 1 aliphatic heterocycles. The predicted molar refractivity (Wildman–Crippen MR) is 92.3 cm³/mol. The van der Waals surface area contributed by atoms with Crippen LogP contribution < -0.4 is 14.8 Å². The number of fused-ring (bicyclic) bond motifs is 2. The molecule has 4 rings (SSSR count). The van der Waals surface area contributed by atoms with Crippen LogP contribution in [0.3, 0.4) is 0 Å². The lowest BCUT2D eigenvalue weighted by Crippen LogP contribution is -2.43. The van der Waals surface area contributed by atoms with Gasteiger partial charge < -0.3 is 14.8 Å². The van der Waals surface area contributed by atoms with Crippen molar-refractivity contribution in [2.24, 2.45) is 0 Å². The van der Waals surface area contributed by atoms with Crippen molar-refractivity contribution in [2.45, 2.75) is 26.1 Å². The molecule has 0 bridgehead atoms. The van der Waals surface area contributed by atoms with Crippen LogP contribution in [0.15, 0.2) is 30.6 Å². The summed E-state index contributed by atoms with van der Waals surface area (Å²) < 4.78 is 50.4. The Morgan fingerprint density at radius 3 is 2.75 bits per heavy atom. The van der Waals surface area contributed by atoms with E-state index in [9.17, 15) is 18.0 Å². The van der Waals surface area contributed by atoms with Crippen molar-refractivity contribution in [3.05, 3.63) is 42.0 Å². The first-order valence-corrected chi connectivity index (χ1v) is 8.36. The highest BCUT2D eigenvalue weighted by molar-refractivity contribution is 5.98. The number of amides is 1. The molecule has 1 N–H and O–H groups in total. The lowest BCUT2D eigenvalue weighted by molar-refractivity contribution is -0.149. The minimum Gasteiger partial charge on any atom is -0.454 e. The molecular weight excluding hydrogens is 377 g/mol. The quantitative estimate of drug-likeness (QED) is 0.741. The zero-order valence-electron chi connectivity index (χ0n) is 14.9. The van der Waals surface area contributed by atoms with Crippen LogP contribution in [0.1, 0.15) is 23.1 Å². The van der Waals surface area contributed by atoms with Gasteiger partial charge in [0.15, 0.2) is 22.8 Å². The van der Waals surface area contributed by atoms with Gasteiger partial charge in [-0.25, -0.2) is 9.97 Å². The molecule has 1 aliphatic rings. The number of hydrogen-bond acceptors (Lipinski definition) is 5. The summed E-state index contributed by atoms with van der Waals surface area (Å²) in [6.45, 7) is 2.79. The van der Waals surface area contributed by atoms with E-state index < -0.39 is 18.1 Å². The first kappa shape index (κ1) is 18.1. The number of aromatic nitrogens is 3. The van der Waals surface area contributed by atoms with Crippen LogP contribution >= 0.6 is 0 Å². The molecule has 1 aromatic carbocycles. The van der Waals surface area contributed by atoms with Gasteiger partial charge in [-0.1, -0.05) is 0 Å². The molecule has 0 fully saturated rings. The van der Waals surface area contributed by atoms with Crippen LogP contribution in [0.5, 0.6) is 11.5 Å². The molecule has 0 saturated carbocycles. The van der Waals surface area contributed by atoms with Gasteiger partial charge in [0.05, 0.1) is 5.69 Å². The number of imidazole rings is 1. The van der Waals surface area contributed by atoms with Gasteiger partial charge in [0.1, 0.15) is 12.4 Å². The van der Waals surface area contributed by atoms with Gasteiger partial charge in [-0.15, -0.1) is 0 Å². The van der Waals surface area contributed by atoms with Crippen LogP contribution in [0.25, 0.3) is 16.9 Å². The fourth-order valence-corrected chi connectivity index (χ4v) is 2.83. The van der Waals surface area contributed by atoms with E-state index in [1.165, 1.54) is 6.33 Å². The van der Waals surface area contributed by atoms with E-state index in [4.69, 9.17) is 9.47 Å². The number of ether oxygens (including phenoxy) is 2. The second-order valence-corrected chi connectivity index (χ2v) is 6.37. The minimum absolute atomic E-state index is 0.134. The third kappa shape index (κ3) is 3.10. The van der Waals surface area contributed by atoms with Crippen LogP contribution in [0.2, 0.25) is 0 Å². The number of aryl methyl sites for hydroxylation is 1. The molecule has 146 valence electrons. The lowest BCUT2D eigenvalue weighted by Gasteiger charge is -2.16. The number of carbonyl (C=O) groups is 1. The summed E-state index contributed by atoms with van der Waals surface area (Å²) >= 11 is 0. The van der Waals surface area contributed by atoms with Gasteiger partial charge in [0.2, 0.25) is 6.79 Å². The summed E-state index contributed by atoms with van der Waals surface area (Å²) in [7, 11) is 0. The van der Waals surface area contributed by atoms with Gasteiger partial charge in [0.25, 0.3) is 5.91 Å². The standard InChI is InChI=1S/C18H15F3N4O3/c1-9-5-12(11-3-4-13-14(6-11)28-8-27-13)24-16-15(22-7-25(9)16)17(26)23-10(2)18(19,20)21/h3-7,10H,8H2,1-2H3,(H,23,26)/t10-/m0/s1. The number of alkyl halides is 3. The van der Waals surface area contributed by atoms with Crippen LogP contribution in [-0.2, 0) is 0 Å². The van der Waals surface area contributed by atoms with E-state index in [1.807, 2.05) is 5.32 Å². The number of rotatable bonds is 3. The normalized spacial score (nSPS) is 14.3. The van der Waals surface area contributed by atoms with Crippen LogP contribution in [-0.4, -0.2) is 39.3 Å². The zero-order chi connectivity index (χ0) is 20.1. The maximum atomic E-state index is 12.7. The van der Waals surface area contributed by atoms with Gasteiger partial charge in [-0.2, -0.15) is 13.2 Å². The molecule has 0 radical (unpaired) electrons. The molecule has 0 aliphatic carbocycles. The summed E-state index contributed by atoms with van der Waals surface area (Å²) in [4.78, 5) is 20.7. The van der Waals surface area contributed by atoms with E-state index in [0.29, 0.717) is 28.5 Å². The number of halogens is 3. The molecule has 3 heterocycles. The molecule has 0 unspecified atom stereocenters. The van der Waals surface area contributed by atoms with E-state index in [1.54, 1.807) is 35.6 Å². The predicted octanol–water partition coefficient (Wildman–Crippen LogP) is 3.11. The Bertz CT molecular complexity index is 1080. The van der Waals surface area contributed by atoms with Crippen molar-refractivity contribution in [1.82, 2.24) is 19.7 Å². The molecule has 0 spiro atoms. The summed E-state index contributed by atoms with van der Waals surface area (Å²) in [5.41, 5.74) is 1.95. The van der Waals surface area contributed by atoms with Gasteiger partial charge in [0, 0.05) is 11.3 Å². The molecule has 1 amide bonds. The second-order valence-electron chi connectivity index (χ2n) is 6.37. The largest absolute Gasteiger partial charge is 0.454 e. The third-order valence-corrected chi connectivity index (χ3v) is 4.42. The molecule has 10 heteroatoms. The minimum atomic E-state index is -4.55. The van der Waals surface area contributed by atoms with Crippen molar-refractivity contribution in [2.75, 3.05) is 6.79 Å². The highest BCUT2D eigenvalue weighted by Gasteiger charge is 2.37. The second kappa shape index (κ2) is 6.39. The fourth-order valence-electron chi connectivity index (χ4n) is 2.83. The molecule has 3 aromatic rings. The molecule has 0 saturated heterocycles. The zero-order valence-corrected chi connectivity index (χ0v) is 14.9. The summed E-state index contributed by atoms with van der Waals surface area (Å²) in [6, 6.07) is 5.06. The van der Waals surface area contributed by atoms with E-state index >= 15 is 0 Å². The SMILES string of the molecule is Cc1cc(-c2ccc3c(c2)OCO3)nc2c(C(=O)N[C@@H](C)C(F)(F)F)ncn12. The first-order valence-electron chi connectivity index (χ1n) is 8.36. The van der Waals surface area contributed by atoms with Crippen LogP contribution in [0.4, 0.5) is 13.2 Å². The topological polar surface area (TPSA) is 77.8 Å². The van der Waals surface area contributed by atoms with Gasteiger partial charge >= 0.3 is 6.18 Å². The highest BCUT2D eigenvalue weighted by atomic mass is 19.4. The third-order valence-electron chi connectivity index (χ3n) is 4.42. The average molecular weight is 392 g/mol. The van der Waals surface area contributed by atoms with Crippen molar-refractivity contribution in [3.8, 4) is 22.8 Å². The average Bonchev–Trinajstić information content (AvgIpc) is 3.26. The Morgan fingerprint density at radius 1 is 1.25 bits per heavy atom. The monoisotopic (exact) mass is 392 g/mol. The molecule has 28 heavy (non-hydrogen) atoms. The molecule has 1 atom stereocenters. The van der Waals surface area contributed by atoms with Crippen molar-refractivity contribution in [1.29, 1.82) is 0 Å². The summed E-state index contributed by atoms with van der Waals surface area (Å²) in [5, 5.41) is 1.91. The maximum Gasteiger partial charge on any atom is 0.408 e. The van der Waals surface area contributed by atoms with E-state index in [0.717, 1.165) is 6.92 Å². The lowest BCUT2D eigenvalue weighted by atomic mass is 10.1. The Kier molecular flexibility index (Phi) is 4.13. The molecule has 7 nitrogen and oxygen atoms in total. The van der Waals surface area contributed by atoms with Crippen LogP contribution in [0, 0.1) is 6.92 Å². The van der Waals surface area contributed by atoms with Crippen molar-refractivity contribution >= 4 is 11.6 Å². The Balaban J connectivity index is 1.74. The van der Waals surface area contributed by atoms with E-state index in [2.05, 4.69) is 9.97 Å². The van der Waals surface area contributed by atoms with E-state index in [-0.39, 0.29) is 18.1 Å². The molecule has 2 aromatic heterocycles. The Morgan fingerprint density at radius 2 is 2.00 bits per heavy atom. The smallest absolute Gasteiger partial charge is 0.408 e. The number of nitrogens with one attached hydrogen (secondary N) is 1. The Hall–Kier alpha value is -3.30. The summed E-state index contributed by atoms with van der Waals surface area (Å²) in [5.74, 6) is 0.247. The van der Waals surface area contributed by atoms with Crippen molar-refractivity contribution < 1.29 is 27.4 Å². The maximum absolute atomic E-state index is 12.7. The highest BCUT2D eigenvalue weighted by Crippen LogP contribution is 2.35. The number of carbonyl (C=O) groups excluding carboxylic acids is 1. The van der Waals surface area contributed by atoms with Gasteiger partial charge in [-0.3, -0.25) is 9.20 Å².